The third kappa shape index (κ3) is 1.59. The first-order chi connectivity index (χ1) is 6.07. The maximum Gasteiger partial charge on any atom is 0.165 e. The van der Waals surface area contributed by atoms with Gasteiger partial charge in [-0.05, 0) is 19.1 Å². The first-order valence-electron chi connectivity index (χ1n) is 3.71. The number of hydrogen-bond donors (Lipinski definition) is 1. The Bertz CT molecular complexity index is 369. The Morgan fingerprint density at radius 1 is 1.46 bits per heavy atom. The third-order valence-corrected chi connectivity index (χ3v) is 1.79. The van der Waals surface area contributed by atoms with E-state index in [2.05, 4.69) is 0 Å². The average molecular weight is 182 g/mol. The van der Waals surface area contributed by atoms with Gasteiger partial charge in [-0.2, -0.15) is 5.26 Å². The van der Waals surface area contributed by atoms with Gasteiger partial charge in [-0.15, -0.1) is 0 Å². The summed E-state index contributed by atoms with van der Waals surface area (Å²) in [6.07, 6.45) is 0. The fourth-order valence-corrected chi connectivity index (χ4v) is 1.09. The normalized spacial score (nSPS) is 12.2. The Kier molecular flexibility index (Phi) is 2.47. The Morgan fingerprint density at radius 3 is 2.62 bits per heavy atom. The zero-order chi connectivity index (χ0) is 10.0. The molecule has 68 valence electrons. The molecule has 13 heavy (non-hydrogen) atoms. The maximum atomic E-state index is 13.1. The predicted molar refractivity (Wildman–Crippen MR) is 44.8 cm³/mol. The molecule has 4 heteroatoms. The lowest BCUT2D eigenvalue weighted by molar-refractivity contribution is 0.498. The molecule has 1 aromatic rings. The molecule has 0 radical (unpaired) electrons. The highest BCUT2D eigenvalue weighted by atomic mass is 19.2. The number of rotatable bonds is 1. The summed E-state index contributed by atoms with van der Waals surface area (Å²) in [5.74, 6) is -2.75. The van der Waals surface area contributed by atoms with E-state index < -0.39 is 17.6 Å². The van der Waals surface area contributed by atoms with Gasteiger partial charge in [-0.1, -0.05) is 0 Å². The van der Waals surface area contributed by atoms with E-state index in [-0.39, 0.29) is 11.3 Å². The molecule has 0 aliphatic rings. The number of nitriles is 1. The number of halogens is 2. The molecular formula is C9H8F2N2. The van der Waals surface area contributed by atoms with Gasteiger partial charge in [0.1, 0.15) is 0 Å². The van der Waals surface area contributed by atoms with Crippen molar-refractivity contribution in [2.24, 2.45) is 0 Å². The second-order valence-corrected chi connectivity index (χ2v) is 2.72. The van der Waals surface area contributed by atoms with Crippen molar-refractivity contribution in [2.75, 3.05) is 5.73 Å². The SMILES string of the molecule is CC(C#N)c1c(N)ccc(F)c1F. The molecule has 0 heterocycles. The molecular weight excluding hydrogens is 174 g/mol. The van der Waals surface area contributed by atoms with Gasteiger partial charge < -0.3 is 5.73 Å². The molecule has 0 saturated heterocycles. The van der Waals surface area contributed by atoms with E-state index in [9.17, 15) is 8.78 Å². The average Bonchev–Trinajstić information content (AvgIpc) is 2.12. The van der Waals surface area contributed by atoms with Crippen LogP contribution >= 0.6 is 0 Å². The van der Waals surface area contributed by atoms with Crippen molar-refractivity contribution in [1.82, 2.24) is 0 Å². The lowest BCUT2D eigenvalue weighted by Gasteiger charge is -2.08. The van der Waals surface area contributed by atoms with Crippen LogP contribution in [-0.2, 0) is 0 Å². The highest BCUT2D eigenvalue weighted by molar-refractivity contribution is 5.51. The quantitative estimate of drug-likeness (QED) is 0.676. The molecule has 2 N–H and O–H groups in total. The fourth-order valence-electron chi connectivity index (χ4n) is 1.09. The van der Waals surface area contributed by atoms with Crippen molar-refractivity contribution in [3.63, 3.8) is 0 Å². The molecule has 0 aromatic heterocycles. The molecule has 0 aliphatic heterocycles. The van der Waals surface area contributed by atoms with Crippen LogP contribution < -0.4 is 5.73 Å². The molecule has 0 saturated carbocycles. The summed E-state index contributed by atoms with van der Waals surface area (Å²) in [4.78, 5) is 0. The molecule has 1 atom stereocenters. The summed E-state index contributed by atoms with van der Waals surface area (Å²) in [6, 6.07) is 4.00. The van der Waals surface area contributed by atoms with Crippen LogP contribution in [0.3, 0.4) is 0 Å². The number of benzene rings is 1. The Balaban J connectivity index is 3.35. The van der Waals surface area contributed by atoms with Crippen molar-refractivity contribution >= 4 is 5.69 Å². The number of hydrogen-bond acceptors (Lipinski definition) is 2. The maximum absolute atomic E-state index is 13.1. The molecule has 1 rings (SSSR count). The van der Waals surface area contributed by atoms with Gasteiger partial charge in [-0.25, -0.2) is 8.78 Å². The van der Waals surface area contributed by atoms with E-state index in [0.717, 1.165) is 6.07 Å². The molecule has 1 aromatic carbocycles. The topological polar surface area (TPSA) is 49.8 Å². The summed E-state index contributed by atoms with van der Waals surface area (Å²) in [5, 5.41) is 8.53. The first kappa shape index (κ1) is 9.46. The number of nitrogen functional groups attached to an aromatic ring is 1. The largest absolute Gasteiger partial charge is 0.398 e. The Labute approximate surface area is 74.6 Å². The van der Waals surface area contributed by atoms with E-state index in [4.69, 9.17) is 11.0 Å². The second-order valence-electron chi connectivity index (χ2n) is 2.72. The van der Waals surface area contributed by atoms with Gasteiger partial charge >= 0.3 is 0 Å². The van der Waals surface area contributed by atoms with Gasteiger partial charge in [0.05, 0.1) is 12.0 Å². The van der Waals surface area contributed by atoms with Crippen LogP contribution in [0.5, 0.6) is 0 Å². The monoisotopic (exact) mass is 182 g/mol. The van der Waals surface area contributed by atoms with Crippen LogP contribution in [0.1, 0.15) is 18.4 Å². The highest BCUT2D eigenvalue weighted by Crippen LogP contribution is 2.26. The minimum absolute atomic E-state index is 0.0671. The smallest absolute Gasteiger partial charge is 0.165 e. The lowest BCUT2D eigenvalue weighted by Crippen LogP contribution is -2.03. The fraction of sp³-hybridized carbons (Fsp3) is 0.222. The van der Waals surface area contributed by atoms with Crippen LogP contribution in [-0.4, -0.2) is 0 Å². The minimum atomic E-state index is -1.03. The van der Waals surface area contributed by atoms with E-state index in [1.165, 1.54) is 13.0 Å². The molecule has 2 nitrogen and oxygen atoms in total. The van der Waals surface area contributed by atoms with E-state index in [0.29, 0.717) is 0 Å². The molecule has 0 amide bonds. The number of nitrogens with two attached hydrogens (primary N) is 1. The van der Waals surface area contributed by atoms with Gasteiger partial charge in [0.2, 0.25) is 0 Å². The van der Waals surface area contributed by atoms with Gasteiger partial charge in [0.25, 0.3) is 0 Å². The van der Waals surface area contributed by atoms with Gasteiger partial charge in [0, 0.05) is 11.3 Å². The molecule has 0 aliphatic carbocycles. The number of anilines is 1. The molecule has 0 fully saturated rings. The van der Waals surface area contributed by atoms with Gasteiger partial charge in [-0.3, -0.25) is 0 Å². The molecule has 0 spiro atoms. The van der Waals surface area contributed by atoms with E-state index in [1.54, 1.807) is 6.07 Å². The Morgan fingerprint density at radius 2 is 2.08 bits per heavy atom. The molecule has 1 unspecified atom stereocenters. The van der Waals surface area contributed by atoms with E-state index in [1.807, 2.05) is 0 Å². The van der Waals surface area contributed by atoms with Crippen LogP contribution in [0, 0.1) is 23.0 Å². The summed E-state index contributed by atoms with van der Waals surface area (Å²) in [7, 11) is 0. The first-order valence-corrected chi connectivity index (χ1v) is 3.71. The zero-order valence-electron chi connectivity index (χ0n) is 7.01. The zero-order valence-corrected chi connectivity index (χ0v) is 7.01. The summed E-state index contributed by atoms with van der Waals surface area (Å²) in [5.41, 5.74) is 5.45. The van der Waals surface area contributed by atoms with Gasteiger partial charge in [0.15, 0.2) is 11.6 Å². The summed E-state index contributed by atoms with van der Waals surface area (Å²) >= 11 is 0. The Hall–Kier alpha value is -1.63. The van der Waals surface area contributed by atoms with Crippen molar-refractivity contribution < 1.29 is 8.78 Å². The molecule has 0 bridgehead atoms. The van der Waals surface area contributed by atoms with Crippen molar-refractivity contribution in [1.29, 1.82) is 5.26 Å². The minimum Gasteiger partial charge on any atom is -0.398 e. The van der Waals surface area contributed by atoms with E-state index >= 15 is 0 Å². The third-order valence-electron chi connectivity index (χ3n) is 1.79. The lowest BCUT2D eigenvalue weighted by atomic mass is 10.00. The van der Waals surface area contributed by atoms with Crippen LogP contribution in [0.4, 0.5) is 14.5 Å². The standard InChI is InChI=1S/C9H8F2N2/c1-5(4-12)8-7(13)3-2-6(10)9(8)11/h2-3,5H,13H2,1H3. The van der Waals surface area contributed by atoms with Crippen molar-refractivity contribution in [2.45, 2.75) is 12.8 Å². The second kappa shape index (κ2) is 3.40. The summed E-state index contributed by atoms with van der Waals surface area (Å²) in [6.45, 7) is 1.47. The van der Waals surface area contributed by atoms with Crippen molar-refractivity contribution in [3.8, 4) is 6.07 Å². The van der Waals surface area contributed by atoms with Crippen LogP contribution in [0.15, 0.2) is 12.1 Å². The van der Waals surface area contributed by atoms with Crippen LogP contribution in [0.25, 0.3) is 0 Å². The number of nitrogens with zero attached hydrogens (tertiary/aromatic N) is 1. The summed E-state index contributed by atoms with van der Waals surface area (Å²) < 4.78 is 25.8. The predicted octanol–water partition coefficient (Wildman–Crippen LogP) is 2.17. The van der Waals surface area contributed by atoms with Crippen molar-refractivity contribution in [3.05, 3.63) is 29.3 Å². The van der Waals surface area contributed by atoms with Crippen LogP contribution in [0.2, 0.25) is 0 Å². The highest BCUT2D eigenvalue weighted by Gasteiger charge is 2.17.